The summed E-state index contributed by atoms with van der Waals surface area (Å²) in [5, 5.41) is 3.43. The van der Waals surface area contributed by atoms with E-state index in [-0.39, 0.29) is 12.0 Å². The van der Waals surface area contributed by atoms with Gasteiger partial charge in [-0.2, -0.15) is 0 Å². The Labute approximate surface area is 114 Å². The van der Waals surface area contributed by atoms with Crippen molar-refractivity contribution in [2.45, 2.75) is 32.4 Å². The number of carbonyl (C=O) groups is 1. The smallest absolute Gasteiger partial charge is 0.307 e. The lowest BCUT2D eigenvalue weighted by Gasteiger charge is -2.40. The largest absolute Gasteiger partial charge is 0.469 e. The fraction of sp³-hybridized carbons (Fsp3) is 0.533. The number of anilines is 1. The molecule has 0 bridgehead atoms. The summed E-state index contributed by atoms with van der Waals surface area (Å²) < 4.78 is 4.79. The Kier molecular flexibility index (Phi) is 4.43. The van der Waals surface area contributed by atoms with Crippen molar-refractivity contribution in [2.75, 3.05) is 25.1 Å². The van der Waals surface area contributed by atoms with Gasteiger partial charge in [-0.15, -0.1) is 0 Å². The summed E-state index contributed by atoms with van der Waals surface area (Å²) in [6.45, 7) is 5.97. The van der Waals surface area contributed by atoms with E-state index in [0.717, 1.165) is 13.1 Å². The molecule has 0 aromatic heterocycles. The second-order valence-corrected chi connectivity index (χ2v) is 5.23. The Bertz CT molecular complexity index is 448. The number of rotatable bonds is 3. The molecule has 4 heteroatoms. The number of hydrogen-bond donors (Lipinski definition) is 1. The van der Waals surface area contributed by atoms with E-state index in [9.17, 15) is 4.79 Å². The Morgan fingerprint density at radius 3 is 3.00 bits per heavy atom. The molecule has 0 spiro atoms. The molecule has 0 amide bonds. The first-order chi connectivity index (χ1) is 9.10. The second kappa shape index (κ2) is 6.06. The molecule has 19 heavy (non-hydrogen) atoms. The van der Waals surface area contributed by atoms with Crippen LogP contribution in [0.3, 0.4) is 0 Å². The van der Waals surface area contributed by atoms with Crippen molar-refractivity contribution < 1.29 is 9.53 Å². The van der Waals surface area contributed by atoms with Crippen molar-refractivity contribution in [2.24, 2.45) is 0 Å². The summed E-state index contributed by atoms with van der Waals surface area (Å²) in [4.78, 5) is 13.8. The number of aryl methyl sites for hydroxylation is 1. The molecule has 1 N–H and O–H groups in total. The summed E-state index contributed by atoms with van der Waals surface area (Å²) in [5.41, 5.74) is 2.42. The van der Waals surface area contributed by atoms with Crippen molar-refractivity contribution in [3.05, 3.63) is 29.8 Å². The molecule has 4 nitrogen and oxygen atoms in total. The Hall–Kier alpha value is -1.55. The first-order valence-corrected chi connectivity index (χ1v) is 6.73. The number of benzene rings is 1. The van der Waals surface area contributed by atoms with Crippen LogP contribution in [0.5, 0.6) is 0 Å². The van der Waals surface area contributed by atoms with Gasteiger partial charge in [-0.1, -0.05) is 12.1 Å². The zero-order valence-corrected chi connectivity index (χ0v) is 11.8. The van der Waals surface area contributed by atoms with Crippen LogP contribution in [-0.4, -0.2) is 38.3 Å². The van der Waals surface area contributed by atoms with Crippen LogP contribution >= 0.6 is 0 Å². The number of nitrogens with one attached hydrogen (secondary N) is 1. The van der Waals surface area contributed by atoms with Crippen molar-refractivity contribution in [3.8, 4) is 0 Å². The predicted molar refractivity (Wildman–Crippen MR) is 76.4 cm³/mol. The maximum atomic E-state index is 11.5. The minimum Gasteiger partial charge on any atom is -0.469 e. The molecule has 1 aliphatic heterocycles. The number of methoxy groups -OCH3 is 1. The SMILES string of the molecule is COC(=O)CC1CNC(C)CN1c1cccc(C)c1. The normalized spacial score (nSPS) is 23.2. The first-order valence-electron chi connectivity index (χ1n) is 6.73. The van der Waals surface area contributed by atoms with Gasteiger partial charge in [0.05, 0.1) is 19.6 Å². The fourth-order valence-corrected chi connectivity index (χ4v) is 2.54. The van der Waals surface area contributed by atoms with Crippen LogP contribution < -0.4 is 10.2 Å². The molecule has 104 valence electrons. The van der Waals surface area contributed by atoms with Crippen LogP contribution in [0, 0.1) is 6.92 Å². The van der Waals surface area contributed by atoms with Gasteiger partial charge < -0.3 is 15.0 Å². The van der Waals surface area contributed by atoms with E-state index >= 15 is 0 Å². The highest BCUT2D eigenvalue weighted by molar-refractivity contribution is 5.71. The predicted octanol–water partition coefficient (Wildman–Crippen LogP) is 1.72. The van der Waals surface area contributed by atoms with Gasteiger partial charge in [0.1, 0.15) is 0 Å². The van der Waals surface area contributed by atoms with Crippen LogP contribution in [0.25, 0.3) is 0 Å². The number of esters is 1. The van der Waals surface area contributed by atoms with E-state index in [2.05, 4.69) is 48.3 Å². The third-order valence-electron chi connectivity index (χ3n) is 3.58. The molecule has 1 aliphatic rings. The highest BCUT2D eigenvalue weighted by Gasteiger charge is 2.28. The van der Waals surface area contributed by atoms with Gasteiger partial charge in [-0.05, 0) is 31.5 Å². The van der Waals surface area contributed by atoms with Gasteiger partial charge in [0, 0.05) is 24.8 Å². The topological polar surface area (TPSA) is 41.6 Å². The van der Waals surface area contributed by atoms with Gasteiger partial charge in [0.2, 0.25) is 0 Å². The van der Waals surface area contributed by atoms with Crippen LogP contribution in [0.15, 0.2) is 24.3 Å². The molecule has 1 aromatic carbocycles. The molecule has 0 radical (unpaired) electrons. The van der Waals surface area contributed by atoms with Crippen molar-refractivity contribution >= 4 is 11.7 Å². The lowest BCUT2D eigenvalue weighted by molar-refractivity contribution is -0.141. The molecule has 2 unspecified atom stereocenters. The standard InChI is InChI=1S/C15H22N2O2/c1-11-5-4-6-13(7-11)17-10-12(2)16-9-14(17)8-15(18)19-3/h4-7,12,14,16H,8-10H2,1-3H3. The molecular weight excluding hydrogens is 240 g/mol. The van der Waals surface area contributed by atoms with Gasteiger partial charge >= 0.3 is 5.97 Å². The average Bonchev–Trinajstić information content (AvgIpc) is 2.40. The summed E-state index contributed by atoms with van der Waals surface area (Å²) in [5.74, 6) is -0.154. The van der Waals surface area contributed by atoms with E-state index < -0.39 is 0 Å². The van der Waals surface area contributed by atoms with E-state index in [4.69, 9.17) is 4.74 Å². The van der Waals surface area contributed by atoms with Crippen molar-refractivity contribution in [1.82, 2.24) is 5.32 Å². The Balaban J connectivity index is 2.18. The average molecular weight is 262 g/mol. The molecule has 0 saturated carbocycles. The summed E-state index contributed by atoms with van der Waals surface area (Å²) in [6, 6.07) is 9.01. The quantitative estimate of drug-likeness (QED) is 0.842. The molecule has 1 heterocycles. The van der Waals surface area contributed by atoms with E-state index in [1.807, 2.05) is 0 Å². The monoisotopic (exact) mass is 262 g/mol. The van der Waals surface area contributed by atoms with E-state index in [1.54, 1.807) is 0 Å². The minimum absolute atomic E-state index is 0.154. The number of piperazine rings is 1. The van der Waals surface area contributed by atoms with Gasteiger partial charge in [0.15, 0.2) is 0 Å². The Morgan fingerprint density at radius 2 is 2.32 bits per heavy atom. The van der Waals surface area contributed by atoms with E-state index in [1.165, 1.54) is 18.4 Å². The zero-order valence-electron chi connectivity index (χ0n) is 11.8. The second-order valence-electron chi connectivity index (χ2n) is 5.23. The molecule has 1 fully saturated rings. The highest BCUT2D eigenvalue weighted by atomic mass is 16.5. The third-order valence-corrected chi connectivity index (χ3v) is 3.58. The number of ether oxygens (including phenoxy) is 1. The molecule has 1 aromatic rings. The fourth-order valence-electron chi connectivity index (χ4n) is 2.54. The molecule has 2 atom stereocenters. The zero-order chi connectivity index (χ0) is 13.8. The molecular formula is C15H22N2O2. The van der Waals surface area contributed by atoms with Gasteiger partial charge in [0.25, 0.3) is 0 Å². The third kappa shape index (κ3) is 3.47. The maximum absolute atomic E-state index is 11.5. The molecule has 1 saturated heterocycles. The number of hydrogen-bond acceptors (Lipinski definition) is 4. The van der Waals surface area contributed by atoms with Crippen LogP contribution in [0.1, 0.15) is 18.9 Å². The maximum Gasteiger partial charge on any atom is 0.307 e. The van der Waals surface area contributed by atoms with Crippen molar-refractivity contribution in [1.29, 1.82) is 0 Å². The van der Waals surface area contributed by atoms with Gasteiger partial charge in [-0.3, -0.25) is 4.79 Å². The molecule has 0 aliphatic carbocycles. The number of nitrogens with zero attached hydrogens (tertiary/aromatic N) is 1. The van der Waals surface area contributed by atoms with Crippen molar-refractivity contribution in [3.63, 3.8) is 0 Å². The number of carbonyl (C=O) groups excluding carboxylic acids is 1. The first kappa shape index (κ1) is 13.9. The summed E-state index contributed by atoms with van der Waals surface area (Å²) in [6.07, 6.45) is 0.421. The van der Waals surface area contributed by atoms with Crippen LogP contribution in [0.4, 0.5) is 5.69 Å². The highest BCUT2D eigenvalue weighted by Crippen LogP contribution is 2.22. The lowest BCUT2D eigenvalue weighted by Crippen LogP contribution is -2.56. The van der Waals surface area contributed by atoms with E-state index in [0.29, 0.717) is 12.5 Å². The Morgan fingerprint density at radius 1 is 1.53 bits per heavy atom. The van der Waals surface area contributed by atoms with Crippen LogP contribution in [0.2, 0.25) is 0 Å². The summed E-state index contributed by atoms with van der Waals surface area (Å²) in [7, 11) is 1.44. The lowest BCUT2D eigenvalue weighted by atomic mass is 10.0. The van der Waals surface area contributed by atoms with Gasteiger partial charge in [-0.25, -0.2) is 0 Å². The summed E-state index contributed by atoms with van der Waals surface area (Å²) >= 11 is 0. The molecule has 2 rings (SSSR count). The minimum atomic E-state index is -0.154. The van der Waals surface area contributed by atoms with Crippen LogP contribution in [-0.2, 0) is 9.53 Å².